The van der Waals surface area contributed by atoms with Gasteiger partial charge in [0.2, 0.25) is 0 Å². The summed E-state index contributed by atoms with van der Waals surface area (Å²) in [6.45, 7) is 0. The van der Waals surface area contributed by atoms with E-state index in [2.05, 4.69) is 12.1 Å². The van der Waals surface area contributed by atoms with Crippen molar-refractivity contribution in [3.8, 4) is 11.5 Å². The second-order valence-corrected chi connectivity index (χ2v) is 6.44. The van der Waals surface area contributed by atoms with Crippen molar-refractivity contribution in [1.82, 2.24) is 0 Å². The Morgan fingerprint density at radius 3 is 2.00 bits per heavy atom. The molecule has 1 aliphatic rings. The number of hydrogen-bond acceptors (Lipinski definition) is 3. The molecule has 0 aromatic heterocycles. The average Bonchev–Trinajstić information content (AvgIpc) is 2.71. The molecule has 3 aromatic carbocycles. The van der Waals surface area contributed by atoms with E-state index < -0.39 is 0 Å². The largest absolute Gasteiger partial charge is 0.497 e. The molecule has 4 rings (SSSR count). The molecule has 0 spiro atoms. The molecule has 1 aliphatic carbocycles. The Hall–Kier alpha value is -3.07. The highest BCUT2D eigenvalue weighted by atomic mass is 16.5. The van der Waals surface area contributed by atoms with Gasteiger partial charge in [0.25, 0.3) is 0 Å². The third-order valence-electron chi connectivity index (χ3n) is 5.08. The summed E-state index contributed by atoms with van der Waals surface area (Å²) in [6, 6.07) is 21.7. The zero-order chi connectivity index (χ0) is 18.1. The molecule has 0 fully saturated rings. The molecule has 0 radical (unpaired) electrons. The van der Waals surface area contributed by atoms with Crippen LogP contribution in [0.3, 0.4) is 0 Å². The van der Waals surface area contributed by atoms with Crippen molar-refractivity contribution in [2.24, 2.45) is 0 Å². The molecule has 3 nitrogen and oxygen atoms in total. The predicted octanol–water partition coefficient (Wildman–Crippen LogP) is 4.62. The van der Waals surface area contributed by atoms with Gasteiger partial charge in [-0.2, -0.15) is 0 Å². The summed E-state index contributed by atoms with van der Waals surface area (Å²) in [5, 5.41) is 0. The average molecular weight is 344 g/mol. The van der Waals surface area contributed by atoms with Gasteiger partial charge in [0.15, 0.2) is 5.78 Å². The Morgan fingerprint density at radius 2 is 1.42 bits per heavy atom. The Balaban J connectivity index is 1.83. The first-order valence-electron chi connectivity index (χ1n) is 8.66. The van der Waals surface area contributed by atoms with Crippen molar-refractivity contribution < 1.29 is 14.3 Å². The third-order valence-corrected chi connectivity index (χ3v) is 5.08. The van der Waals surface area contributed by atoms with Crippen LogP contribution in [0.2, 0.25) is 0 Å². The van der Waals surface area contributed by atoms with Gasteiger partial charge in [-0.15, -0.1) is 0 Å². The molecule has 3 aromatic rings. The molecule has 0 heterocycles. The minimum absolute atomic E-state index is 0.106. The lowest BCUT2D eigenvalue weighted by Gasteiger charge is -2.28. The molecule has 0 saturated carbocycles. The highest BCUT2D eigenvalue weighted by Crippen LogP contribution is 2.40. The van der Waals surface area contributed by atoms with Crippen LogP contribution in [0.25, 0.3) is 0 Å². The fourth-order valence-corrected chi connectivity index (χ4v) is 3.79. The number of rotatable bonds is 4. The maximum absolute atomic E-state index is 12.9. The van der Waals surface area contributed by atoms with E-state index in [0.29, 0.717) is 0 Å². The molecular weight excluding hydrogens is 324 g/mol. The Morgan fingerprint density at radius 1 is 0.808 bits per heavy atom. The maximum atomic E-state index is 12.9. The molecule has 0 aliphatic heterocycles. The van der Waals surface area contributed by atoms with Gasteiger partial charge in [-0.05, 0) is 29.2 Å². The SMILES string of the molecule is COc1ccc(CC2c3ccccc3C(=O)c3ccccc32)c(OC)c1. The summed E-state index contributed by atoms with van der Waals surface area (Å²) in [4.78, 5) is 12.9. The molecule has 0 saturated heterocycles. The summed E-state index contributed by atoms with van der Waals surface area (Å²) < 4.78 is 10.9. The summed E-state index contributed by atoms with van der Waals surface area (Å²) in [5.41, 5.74) is 4.84. The van der Waals surface area contributed by atoms with Crippen molar-refractivity contribution in [3.63, 3.8) is 0 Å². The van der Waals surface area contributed by atoms with E-state index in [1.165, 1.54) is 0 Å². The molecule has 26 heavy (non-hydrogen) atoms. The van der Waals surface area contributed by atoms with Gasteiger partial charge < -0.3 is 9.47 Å². The van der Waals surface area contributed by atoms with Crippen molar-refractivity contribution in [2.75, 3.05) is 14.2 Å². The maximum Gasteiger partial charge on any atom is 0.193 e. The molecule has 0 atom stereocenters. The lowest BCUT2D eigenvalue weighted by atomic mass is 9.75. The van der Waals surface area contributed by atoms with Gasteiger partial charge in [-0.25, -0.2) is 0 Å². The Kier molecular flexibility index (Phi) is 4.21. The highest BCUT2D eigenvalue weighted by molar-refractivity contribution is 6.12. The van der Waals surface area contributed by atoms with E-state index in [9.17, 15) is 4.79 Å². The second-order valence-electron chi connectivity index (χ2n) is 6.44. The first-order valence-corrected chi connectivity index (χ1v) is 8.66. The van der Waals surface area contributed by atoms with Crippen molar-refractivity contribution in [2.45, 2.75) is 12.3 Å². The van der Waals surface area contributed by atoms with Gasteiger partial charge in [-0.1, -0.05) is 54.6 Å². The standard InChI is InChI=1S/C23H20O3/c1-25-16-12-11-15(22(14-16)26-2)13-21-17-7-3-5-9-19(17)23(24)20-10-6-4-8-18(20)21/h3-12,14,21H,13H2,1-2H3. The second kappa shape index (κ2) is 6.68. The van der Waals surface area contributed by atoms with Crippen LogP contribution in [-0.4, -0.2) is 20.0 Å². The van der Waals surface area contributed by atoms with Crippen molar-refractivity contribution in [1.29, 1.82) is 0 Å². The summed E-state index contributed by atoms with van der Waals surface area (Å²) in [5.74, 6) is 1.79. The van der Waals surface area contributed by atoms with Gasteiger partial charge in [-0.3, -0.25) is 4.79 Å². The number of hydrogen-bond donors (Lipinski definition) is 0. The number of benzene rings is 3. The minimum Gasteiger partial charge on any atom is -0.497 e. The van der Waals surface area contributed by atoms with E-state index >= 15 is 0 Å². The zero-order valence-corrected chi connectivity index (χ0v) is 14.9. The number of ketones is 1. The molecule has 0 amide bonds. The Bertz CT molecular complexity index is 925. The lowest BCUT2D eigenvalue weighted by Crippen LogP contribution is -2.21. The van der Waals surface area contributed by atoms with Crippen molar-refractivity contribution >= 4 is 5.78 Å². The quantitative estimate of drug-likeness (QED) is 0.693. The lowest BCUT2D eigenvalue weighted by molar-refractivity contribution is 0.103. The molecule has 130 valence electrons. The van der Waals surface area contributed by atoms with Gasteiger partial charge in [0, 0.05) is 23.1 Å². The molecular formula is C23H20O3. The van der Waals surface area contributed by atoms with Crippen LogP contribution in [0.4, 0.5) is 0 Å². The third kappa shape index (κ3) is 2.66. The van der Waals surface area contributed by atoms with Crippen LogP contribution < -0.4 is 9.47 Å². The van der Waals surface area contributed by atoms with E-state index in [1.807, 2.05) is 54.6 Å². The number of carbonyl (C=O) groups is 1. The minimum atomic E-state index is 0.106. The molecule has 3 heteroatoms. The summed E-state index contributed by atoms with van der Waals surface area (Å²) in [6.07, 6.45) is 0.758. The topological polar surface area (TPSA) is 35.5 Å². The van der Waals surface area contributed by atoms with Gasteiger partial charge in [0.1, 0.15) is 11.5 Å². The van der Waals surface area contributed by atoms with Crippen LogP contribution in [0.15, 0.2) is 66.7 Å². The smallest absolute Gasteiger partial charge is 0.193 e. The van der Waals surface area contributed by atoms with E-state index in [1.54, 1.807) is 14.2 Å². The first kappa shape index (κ1) is 16.4. The number of methoxy groups -OCH3 is 2. The fourth-order valence-electron chi connectivity index (χ4n) is 3.79. The van der Waals surface area contributed by atoms with E-state index in [4.69, 9.17) is 9.47 Å². The van der Waals surface area contributed by atoms with Gasteiger partial charge in [0.05, 0.1) is 14.2 Å². The molecule has 0 bridgehead atoms. The number of carbonyl (C=O) groups excluding carboxylic acids is 1. The molecule has 0 unspecified atom stereocenters. The Labute approximate surface area is 153 Å². The van der Waals surface area contributed by atoms with E-state index in [0.717, 1.165) is 45.7 Å². The zero-order valence-electron chi connectivity index (χ0n) is 14.9. The summed E-state index contributed by atoms with van der Waals surface area (Å²) in [7, 11) is 3.32. The van der Waals surface area contributed by atoms with Crippen LogP contribution in [-0.2, 0) is 6.42 Å². The fraction of sp³-hybridized carbons (Fsp3) is 0.174. The van der Waals surface area contributed by atoms with Crippen molar-refractivity contribution in [3.05, 3.63) is 94.5 Å². The highest BCUT2D eigenvalue weighted by Gasteiger charge is 2.31. The van der Waals surface area contributed by atoms with Crippen LogP contribution in [0, 0.1) is 0 Å². The summed E-state index contributed by atoms with van der Waals surface area (Å²) >= 11 is 0. The number of fused-ring (bicyclic) bond motifs is 2. The van der Waals surface area contributed by atoms with E-state index in [-0.39, 0.29) is 11.7 Å². The first-order chi connectivity index (χ1) is 12.7. The number of ether oxygens (including phenoxy) is 2. The van der Waals surface area contributed by atoms with Crippen LogP contribution >= 0.6 is 0 Å². The van der Waals surface area contributed by atoms with Crippen LogP contribution in [0.1, 0.15) is 38.5 Å². The molecule has 0 N–H and O–H groups in total. The monoisotopic (exact) mass is 344 g/mol. The normalized spacial score (nSPS) is 13.1. The van der Waals surface area contributed by atoms with Crippen LogP contribution in [0.5, 0.6) is 11.5 Å². The van der Waals surface area contributed by atoms with Gasteiger partial charge >= 0.3 is 0 Å². The predicted molar refractivity (Wildman–Crippen MR) is 101 cm³/mol.